The average Bonchev–Trinajstić information content (AvgIpc) is 2.64. The van der Waals surface area contributed by atoms with Gasteiger partial charge in [0.15, 0.2) is 4.77 Å². The van der Waals surface area contributed by atoms with E-state index in [1.807, 2.05) is 30.3 Å². The van der Waals surface area contributed by atoms with Gasteiger partial charge >= 0.3 is 0 Å². The minimum atomic E-state index is -0.285. The van der Waals surface area contributed by atoms with Gasteiger partial charge in [-0.2, -0.15) is 0 Å². The number of ether oxygens (including phenoxy) is 1. The van der Waals surface area contributed by atoms with Crippen molar-refractivity contribution in [3.63, 3.8) is 0 Å². The Morgan fingerprint density at radius 1 is 1.20 bits per heavy atom. The van der Waals surface area contributed by atoms with Crippen molar-refractivity contribution in [2.24, 2.45) is 0 Å². The lowest BCUT2D eigenvalue weighted by atomic mass is 10.2. The molecular formula is C18H17N3O3S. The molecule has 1 aromatic heterocycles. The number of methoxy groups -OCH3 is 1. The molecule has 7 heteroatoms. The molecule has 2 N–H and O–H groups in total. The smallest absolute Gasteiger partial charge is 0.262 e. The molecule has 0 unspecified atom stereocenters. The zero-order valence-corrected chi connectivity index (χ0v) is 14.4. The maximum Gasteiger partial charge on any atom is 0.262 e. The Morgan fingerprint density at radius 2 is 1.92 bits per heavy atom. The Labute approximate surface area is 149 Å². The van der Waals surface area contributed by atoms with E-state index in [9.17, 15) is 9.59 Å². The fraction of sp³-hybridized carbons (Fsp3) is 0.167. The third kappa shape index (κ3) is 3.77. The second-order valence-corrected chi connectivity index (χ2v) is 5.88. The van der Waals surface area contributed by atoms with Crippen LogP contribution in [0.3, 0.4) is 0 Å². The molecule has 0 aliphatic rings. The van der Waals surface area contributed by atoms with Gasteiger partial charge in [0.2, 0.25) is 5.91 Å². The number of H-pyrrole nitrogens is 1. The Morgan fingerprint density at radius 3 is 2.64 bits per heavy atom. The van der Waals surface area contributed by atoms with Crippen LogP contribution < -0.4 is 15.6 Å². The fourth-order valence-corrected chi connectivity index (χ4v) is 2.74. The van der Waals surface area contributed by atoms with E-state index in [1.165, 1.54) is 4.57 Å². The van der Waals surface area contributed by atoms with Crippen LogP contribution >= 0.6 is 12.2 Å². The number of para-hydroxylation sites is 1. The number of aromatic nitrogens is 2. The average molecular weight is 355 g/mol. The van der Waals surface area contributed by atoms with Crippen LogP contribution in [0.1, 0.15) is 5.56 Å². The normalized spacial score (nSPS) is 10.6. The lowest BCUT2D eigenvalue weighted by Crippen LogP contribution is -2.32. The maximum atomic E-state index is 12.5. The van der Waals surface area contributed by atoms with Crippen LogP contribution in [0.25, 0.3) is 10.9 Å². The maximum absolute atomic E-state index is 12.5. The molecule has 0 aliphatic heterocycles. The molecular weight excluding hydrogens is 338 g/mol. The number of carbonyl (C=O) groups is 1. The molecule has 0 atom stereocenters. The number of carbonyl (C=O) groups excluding carboxylic acids is 1. The molecule has 6 nitrogen and oxygen atoms in total. The number of benzene rings is 2. The first kappa shape index (κ1) is 16.9. The molecule has 0 aliphatic carbocycles. The summed E-state index contributed by atoms with van der Waals surface area (Å²) in [5.74, 6) is 0.469. The Balaban J connectivity index is 1.73. The van der Waals surface area contributed by atoms with E-state index in [0.29, 0.717) is 17.4 Å². The number of fused-ring (bicyclic) bond motifs is 1. The molecule has 3 aromatic rings. The Hall–Kier alpha value is -2.93. The van der Waals surface area contributed by atoms with Gasteiger partial charge in [-0.1, -0.05) is 24.3 Å². The monoisotopic (exact) mass is 355 g/mol. The van der Waals surface area contributed by atoms with E-state index in [-0.39, 0.29) is 22.8 Å². The van der Waals surface area contributed by atoms with Gasteiger partial charge in [-0.05, 0) is 42.0 Å². The lowest BCUT2D eigenvalue weighted by molar-refractivity contribution is -0.121. The predicted molar refractivity (Wildman–Crippen MR) is 98.2 cm³/mol. The van der Waals surface area contributed by atoms with Crippen molar-refractivity contribution in [3.05, 3.63) is 69.2 Å². The van der Waals surface area contributed by atoms with Crippen LogP contribution in [0.2, 0.25) is 0 Å². The number of aromatic amines is 1. The summed E-state index contributed by atoms with van der Waals surface area (Å²) in [6.45, 7) is 0.233. The molecule has 0 saturated heterocycles. The van der Waals surface area contributed by atoms with Crippen LogP contribution in [0, 0.1) is 4.77 Å². The van der Waals surface area contributed by atoms with Crippen LogP contribution in [-0.4, -0.2) is 22.6 Å². The molecule has 0 fully saturated rings. The van der Waals surface area contributed by atoms with Crippen LogP contribution in [-0.2, 0) is 17.9 Å². The van der Waals surface area contributed by atoms with Gasteiger partial charge in [-0.25, -0.2) is 0 Å². The molecule has 0 saturated carbocycles. The highest BCUT2D eigenvalue weighted by atomic mass is 32.1. The summed E-state index contributed by atoms with van der Waals surface area (Å²) in [4.78, 5) is 27.7. The molecule has 1 amide bonds. The fourth-order valence-electron chi connectivity index (χ4n) is 2.49. The molecule has 0 radical (unpaired) electrons. The highest BCUT2D eigenvalue weighted by Gasteiger charge is 2.09. The lowest BCUT2D eigenvalue weighted by Gasteiger charge is -2.09. The highest BCUT2D eigenvalue weighted by Crippen LogP contribution is 2.11. The molecule has 2 aromatic carbocycles. The predicted octanol–water partition coefficient (Wildman–Crippen LogP) is 2.38. The van der Waals surface area contributed by atoms with Gasteiger partial charge in [0.05, 0.1) is 18.0 Å². The number of hydrogen-bond acceptors (Lipinski definition) is 4. The first-order valence-corrected chi connectivity index (χ1v) is 8.11. The quantitative estimate of drug-likeness (QED) is 0.689. The van der Waals surface area contributed by atoms with Crippen molar-refractivity contribution in [1.29, 1.82) is 0 Å². The summed E-state index contributed by atoms with van der Waals surface area (Å²) in [7, 11) is 1.60. The van der Waals surface area contributed by atoms with Crippen molar-refractivity contribution in [2.45, 2.75) is 13.1 Å². The number of nitrogens with zero attached hydrogens (tertiary/aromatic N) is 1. The number of rotatable bonds is 5. The summed E-state index contributed by atoms with van der Waals surface area (Å²) in [6.07, 6.45) is 0. The molecule has 25 heavy (non-hydrogen) atoms. The highest BCUT2D eigenvalue weighted by molar-refractivity contribution is 7.71. The van der Waals surface area contributed by atoms with Crippen molar-refractivity contribution in [2.75, 3.05) is 7.11 Å². The number of hydrogen-bond donors (Lipinski definition) is 2. The van der Waals surface area contributed by atoms with Crippen molar-refractivity contribution >= 4 is 29.0 Å². The van der Waals surface area contributed by atoms with E-state index in [4.69, 9.17) is 17.0 Å². The van der Waals surface area contributed by atoms with Crippen LogP contribution in [0.15, 0.2) is 53.3 Å². The zero-order chi connectivity index (χ0) is 17.8. The second kappa shape index (κ2) is 7.31. The third-order valence-electron chi connectivity index (χ3n) is 3.84. The molecule has 0 spiro atoms. The molecule has 0 bridgehead atoms. The molecule has 1 heterocycles. The zero-order valence-electron chi connectivity index (χ0n) is 13.6. The third-order valence-corrected chi connectivity index (χ3v) is 4.16. The summed E-state index contributed by atoms with van der Waals surface area (Å²) < 4.78 is 6.58. The van der Waals surface area contributed by atoms with E-state index >= 15 is 0 Å². The van der Waals surface area contributed by atoms with Gasteiger partial charge < -0.3 is 15.0 Å². The van der Waals surface area contributed by atoms with E-state index in [0.717, 1.165) is 11.3 Å². The van der Waals surface area contributed by atoms with Gasteiger partial charge in [0, 0.05) is 6.54 Å². The Bertz CT molecular complexity index is 1020. The summed E-state index contributed by atoms with van der Waals surface area (Å²) in [5, 5.41) is 3.29. The van der Waals surface area contributed by atoms with E-state index in [2.05, 4.69) is 10.3 Å². The SMILES string of the molecule is COc1ccc(CNC(=O)Cn2c(=S)[nH]c3ccccc3c2=O)cc1. The minimum Gasteiger partial charge on any atom is -0.497 e. The summed E-state index contributed by atoms with van der Waals surface area (Å²) in [5.41, 5.74) is 1.32. The van der Waals surface area contributed by atoms with Crippen molar-refractivity contribution in [3.8, 4) is 5.75 Å². The van der Waals surface area contributed by atoms with Gasteiger partial charge in [0.25, 0.3) is 5.56 Å². The van der Waals surface area contributed by atoms with E-state index < -0.39 is 0 Å². The van der Waals surface area contributed by atoms with Crippen LogP contribution in [0.4, 0.5) is 0 Å². The molecule has 128 valence electrons. The number of nitrogens with one attached hydrogen (secondary N) is 2. The largest absolute Gasteiger partial charge is 0.497 e. The first-order chi connectivity index (χ1) is 12.1. The summed E-state index contributed by atoms with van der Waals surface area (Å²) >= 11 is 5.20. The van der Waals surface area contributed by atoms with Gasteiger partial charge in [0.1, 0.15) is 12.3 Å². The number of amides is 1. The van der Waals surface area contributed by atoms with Gasteiger partial charge in [-0.3, -0.25) is 14.2 Å². The standard InChI is InChI=1S/C18H17N3O3S/c1-24-13-8-6-12(7-9-13)10-19-16(22)11-21-17(23)14-4-2-3-5-15(14)20-18(21)25/h2-9H,10-11H2,1H3,(H,19,22)(H,20,25). The van der Waals surface area contributed by atoms with Gasteiger partial charge in [-0.15, -0.1) is 0 Å². The van der Waals surface area contributed by atoms with Crippen molar-refractivity contribution < 1.29 is 9.53 Å². The topological polar surface area (TPSA) is 76.1 Å². The molecule has 3 rings (SSSR count). The first-order valence-electron chi connectivity index (χ1n) is 7.70. The second-order valence-electron chi connectivity index (χ2n) is 5.49. The Kier molecular flexibility index (Phi) is 4.95. The van der Waals surface area contributed by atoms with Crippen LogP contribution in [0.5, 0.6) is 5.75 Å². The summed E-state index contributed by atoms with van der Waals surface area (Å²) in [6, 6.07) is 14.5. The van der Waals surface area contributed by atoms with Crippen molar-refractivity contribution in [1.82, 2.24) is 14.9 Å². The van der Waals surface area contributed by atoms with E-state index in [1.54, 1.807) is 25.3 Å². The minimum absolute atomic E-state index is 0.130.